The standard InChI is InChI=1S/C19H24N2O3/c1-13(7-8-14-5-3-2-4-6-14)21-12-18(23)15-9-10-17(22)16(11-15)19(20)24/h2-6,9-11,13,18,21-23H,7-8,12H2,1H3,(H2,20,24)/t13-,18+/m0/s1. The Morgan fingerprint density at radius 2 is 1.92 bits per heavy atom. The zero-order valence-corrected chi connectivity index (χ0v) is 13.8. The van der Waals surface area contributed by atoms with E-state index in [4.69, 9.17) is 5.73 Å². The first kappa shape index (κ1) is 18.0. The van der Waals surface area contributed by atoms with Gasteiger partial charge in [-0.15, -0.1) is 0 Å². The molecule has 0 aliphatic heterocycles. The van der Waals surface area contributed by atoms with Gasteiger partial charge in [-0.2, -0.15) is 0 Å². The number of nitrogens with two attached hydrogens (primary N) is 1. The molecule has 0 saturated heterocycles. The summed E-state index contributed by atoms with van der Waals surface area (Å²) in [7, 11) is 0. The maximum absolute atomic E-state index is 11.2. The molecule has 2 aromatic rings. The lowest BCUT2D eigenvalue weighted by molar-refractivity contribution is 0.0997. The molecule has 5 N–H and O–H groups in total. The van der Waals surface area contributed by atoms with Gasteiger partial charge in [0.1, 0.15) is 5.75 Å². The zero-order valence-electron chi connectivity index (χ0n) is 13.8. The molecule has 5 heteroatoms. The van der Waals surface area contributed by atoms with Crippen molar-refractivity contribution in [2.75, 3.05) is 6.54 Å². The van der Waals surface area contributed by atoms with E-state index in [0.717, 1.165) is 12.8 Å². The second kappa shape index (κ2) is 8.47. The molecule has 5 nitrogen and oxygen atoms in total. The van der Waals surface area contributed by atoms with E-state index in [1.807, 2.05) is 18.2 Å². The summed E-state index contributed by atoms with van der Waals surface area (Å²) in [6.07, 6.45) is 1.15. The maximum atomic E-state index is 11.2. The van der Waals surface area contributed by atoms with Crippen LogP contribution < -0.4 is 11.1 Å². The Balaban J connectivity index is 1.85. The summed E-state index contributed by atoms with van der Waals surface area (Å²) in [5.41, 5.74) is 7.06. The van der Waals surface area contributed by atoms with Gasteiger partial charge in [0.15, 0.2) is 0 Å². The molecule has 0 fully saturated rings. The largest absolute Gasteiger partial charge is 0.507 e. The van der Waals surface area contributed by atoms with Gasteiger partial charge in [0.2, 0.25) is 0 Å². The van der Waals surface area contributed by atoms with Gasteiger partial charge in [0.25, 0.3) is 5.91 Å². The van der Waals surface area contributed by atoms with Gasteiger partial charge in [0, 0.05) is 12.6 Å². The van der Waals surface area contributed by atoms with Crippen LogP contribution in [0, 0.1) is 0 Å². The molecule has 2 atom stereocenters. The third-order valence-electron chi connectivity index (χ3n) is 4.04. The molecule has 0 bridgehead atoms. The van der Waals surface area contributed by atoms with Crippen molar-refractivity contribution in [1.29, 1.82) is 0 Å². The molecular formula is C19H24N2O3. The normalized spacial score (nSPS) is 13.4. The second-order valence-corrected chi connectivity index (χ2v) is 5.99. The van der Waals surface area contributed by atoms with Crippen molar-refractivity contribution >= 4 is 5.91 Å². The fourth-order valence-corrected chi connectivity index (χ4v) is 2.52. The summed E-state index contributed by atoms with van der Waals surface area (Å²) in [5.74, 6) is -0.895. The average molecular weight is 328 g/mol. The van der Waals surface area contributed by atoms with Gasteiger partial charge < -0.3 is 21.3 Å². The number of carbonyl (C=O) groups excluding carboxylic acids is 1. The van der Waals surface area contributed by atoms with Crippen LogP contribution in [0.25, 0.3) is 0 Å². The molecule has 0 unspecified atom stereocenters. The van der Waals surface area contributed by atoms with Gasteiger partial charge in [-0.25, -0.2) is 0 Å². The number of phenols is 1. The number of nitrogens with one attached hydrogen (secondary N) is 1. The van der Waals surface area contributed by atoms with Crippen molar-refractivity contribution in [3.05, 3.63) is 65.2 Å². The lowest BCUT2D eigenvalue weighted by Gasteiger charge is -2.18. The minimum absolute atomic E-state index is 0.0173. The van der Waals surface area contributed by atoms with Crippen molar-refractivity contribution in [3.63, 3.8) is 0 Å². The molecule has 0 aromatic heterocycles. The average Bonchev–Trinajstić information content (AvgIpc) is 2.59. The molecule has 0 spiro atoms. The molecule has 2 rings (SSSR count). The topological polar surface area (TPSA) is 95.6 Å². The number of aromatic hydroxyl groups is 1. The number of hydrogen-bond donors (Lipinski definition) is 4. The lowest BCUT2D eigenvalue weighted by atomic mass is 10.0. The summed E-state index contributed by atoms with van der Waals surface area (Å²) in [5, 5.41) is 23.1. The predicted octanol–water partition coefficient (Wildman–Crippen LogP) is 2.14. The quantitative estimate of drug-likeness (QED) is 0.597. The van der Waals surface area contributed by atoms with Crippen molar-refractivity contribution < 1.29 is 15.0 Å². The molecule has 0 heterocycles. The van der Waals surface area contributed by atoms with E-state index in [2.05, 4.69) is 24.4 Å². The minimum Gasteiger partial charge on any atom is -0.507 e. The zero-order chi connectivity index (χ0) is 17.5. The SMILES string of the molecule is C[C@@H](CCc1ccccc1)NC[C@@H](O)c1ccc(O)c(C(N)=O)c1. The van der Waals surface area contributed by atoms with Crippen LogP contribution in [0.1, 0.15) is 40.9 Å². The number of primary amides is 1. The van der Waals surface area contributed by atoms with Crippen LogP contribution in [0.2, 0.25) is 0 Å². The first-order valence-electron chi connectivity index (χ1n) is 8.05. The number of aliphatic hydroxyl groups excluding tert-OH is 1. The molecule has 0 saturated carbocycles. The van der Waals surface area contributed by atoms with Crippen LogP contribution in [0.3, 0.4) is 0 Å². The first-order chi connectivity index (χ1) is 11.5. The Bertz CT molecular complexity index is 674. The van der Waals surface area contributed by atoms with Crippen LogP contribution in [0.4, 0.5) is 0 Å². The fourth-order valence-electron chi connectivity index (χ4n) is 2.52. The summed E-state index contributed by atoms with van der Waals surface area (Å²) in [4.78, 5) is 11.2. The van der Waals surface area contributed by atoms with Crippen molar-refractivity contribution in [2.45, 2.75) is 31.9 Å². The summed E-state index contributed by atoms with van der Waals surface area (Å²) < 4.78 is 0. The number of carbonyl (C=O) groups is 1. The smallest absolute Gasteiger partial charge is 0.252 e. The highest BCUT2D eigenvalue weighted by Crippen LogP contribution is 2.22. The molecular weight excluding hydrogens is 304 g/mol. The van der Waals surface area contributed by atoms with Crippen molar-refractivity contribution in [1.82, 2.24) is 5.32 Å². The number of amides is 1. The van der Waals surface area contributed by atoms with Crippen LogP contribution in [0.15, 0.2) is 48.5 Å². The van der Waals surface area contributed by atoms with E-state index in [-0.39, 0.29) is 17.4 Å². The Morgan fingerprint density at radius 1 is 1.21 bits per heavy atom. The van der Waals surface area contributed by atoms with Gasteiger partial charge in [-0.05, 0) is 43.0 Å². The summed E-state index contributed by atoms with van der Waals surface area (Å²) in [6, 6.07) is 14.9. The maximum Gasteiger partial charge on any atom is 0.252 e. The molecule has 2 aromatic carbocycles. The van der Waals surface area contributed by atoms with E-state index in [1.165, 1.54) is 17.7 Å². The van der Waals surface area contributed by atoms with Crippen LogP contribution in [-0.4, -0.2) is 28.7 Å². The van der Waals surface area contributed by atoms with Gasteiger partial charge in [-0.3, -0.25) is 4.79 Å². The minimum atomic E-state index is -0.775. The van der Waals surface area contributed by atoms with Gasteiger partial charge in [0.05, 0.1) is 11.7 Å². The van der Waals surface area contributed by atoms with E-state index in [9.17, 15) is 15.0 Å². The fraction of sp³-hybridized carbons (Fsp3) is 0.316. The third-order valence-corrected chi connectivity index (χ3v) is 4.04. The Hall–Kier alpha value is -2.37. The molecule has 0 aliphatic carbocycles. The summed E-state index contributed by atoms with van der Waals surface area (Å²) in [6.45, 7) is 2.43. The summed E-state index contributed by atoms with van der Waals surface area (Å²) >= 11 is 0. The number of aliphatic hydroxyl groups is 1. The van der Waals surface area contributed by atoms with Crippen LogP contribution in [-0.2, 0) is 6.42 Å². The van der Waals surface area contributed by atoms with E-state index < -0.39 is 12.0 Å². The van der Waals surface area contributed by atoms with E-state index in [0.29, 0.717) is 12.1 Å². The number of hydrogen-bond acceptors (Lipinski definition) is 4. The van der Waals surface area contributed by atoms with Gasteiger partial charge >= 0.3 is 0 Å². The van der Waals surface area contributed by atoms with Crippen LogP contribution >= 0.6 is 0 Å². The molecule has 1 amide bonds. The van der Waals surface area contributed by atoms with Crippen molar-refractivity contribution in [3.8, 4) is 5.75 Å². The van der Waals surface area contributed by atoms with E-state index in [1.54, 1.807) is 6.07 Å². The first-order valence-corrected chi connectivity index (χ1v) is 8.05. The highest BCUT2D eigenvalue weighted by molar-refractivity contribution is 5.95. The van der Waals surface area contributed by atoms with Crippen molar-refractivity contribution in [2.24, 2.45) is 5.73 Å². The Kier molecular flexibility index (Phi) is 6.35. The molecule has 0 aliphatic rings. The predicted molar refractivity (Wildman–Crippen MR) is 93.8 cm³/mol. The molecule has 128 valence electrons. The lowest BCUT2D eigenvalue weighted by Crippen LogP contribution is -2.31. The third kappa shape index (κ3) is 5.08. The monoisotopic (exact) mass is 328 g/mol. The number of aryl methyl sites for hydroxylation is 1. The number of rotatable bonds is 8. The van der Waals surface area contributed by atoms with Crippen LogP contribution in [0.5, 0.6) is 5.75 Å². The molecule has 24 heavy (non-hydrogen) atoms. The molecule has 0 radical (unpaired) electrons. The van der Waals surface area contributed by atoms with E-state index >= 15 is 0 Å². The highest BCUT2D eigenvalue weighted by Gasteiger charge is 2.14. The Labute approximate surface area is 142 Å². The Morgan fingerprint density at radius 3 is 2.58 bits per heavy atom. The highest BCUT2D eigenvalue weighted by atomic mass is 16.3. The van der Waals surface area contributed by atoms with Gasteiger partial charge in [-0.1, -0.05) is 36.4 Å². The second-order valence-electron chi connectivity index (χ2n) is 5.99. The number of benzene rings is 2.